The summed E-state index contributed by atoms with van der Waals surface area (Å²) >= 11 is 7.10. The highest BCUT2D eigenvalue weighted by Gasteiger charge is 2.15. The lowest BCUT2D eigenvalue weighted by molar-refractivity contribution is 0.0697. The van der Waals surface area contributed by atoms with Crippen molar-refractivity contribution in [1.82, 2.24) is 9.97 Å². The second-order valence-corrected chi connectivity index (χ2v) is 4.80. The number of carboxylic acid groups (broad SMARTS) is 1. The van der Waals surface area contributed by atoms with Crippen molar-refractivity contribution in [2.24, 2.45) is 0 Å². The number of carbonyl (C=O) groups is 1. The van der Waals surface area contributed by atoms with Crippen LogP contribution in [0.25, 0.3) is 10.6 Å². The Kier molecular flexibility index (Phi) is 2.89. The van der Waals surface area contributed by atoms with E-state index >= 15 is 0 Å². The van der Waals surface area contributed by atoms with Crippen molar-refractivity contribution in [3.05, 3.63) is 34.1 Å². The molecule has 0 aliphatic carbocycles. The van der Waals surface area contributed by atoms with Crippen LogP contribution in [0.4, 0.5) is 0 Å². The summed E-state index contributed by atoms with van der Waals surface area (Å²) < 4.78 is 0.600. The molecule has 0 aliphatic heterocycles. The molecule has 0 saturated carbocycles. The van der Waals surface area contributed by atoms with Gasteiger partial charge in [-0.2, -0.15) is 0 Å². The first-order valence-electron chi connectivity index (χ1n) is 4.40. The molecule has 0 unspecified atom stereocenters. The summed E-state index contributed by atoms with van der Waals surface area (Å²) in [5.74, 6) is -0.510. The van der Waals surface area contributed by atoms with Gasteiger partial charge in [0.15, 0.2) is 0 Å². The van der Waals surface area contributed by atoms with Crippen molar-refractivity contribution in [3.63, 3.8) is 0 Å². The molecule has 2 aromatic rings. The van der Waals surface area contributed by atoms with Crippen molar-refractivity contribution < 1.29 is 9.90 Å². The number of thiophene rings is 1. The number of hydrogen-bond acceptors (Lipinski definition) is 4. The number of halogens is 1. The number of aryl methyl sites for hydroxylation is 1. The predicted molar refractivity (Wildman–Crippen MR) is 62.1 cm³/mol. The van der Waals surface area contributed by atoms with Gasteiger partial charge in [0, 0.05) is 6.20 Å². The minimum absolute atomic E-state index is 0.0871. The molecule has 1 N–H and O–H groups in total. The third-order valence-electron chi connectivity index (χ3n) is 1.95. The molecule has 0 fully saturated rings. The summed E-state index contributed by atoms with van der Waals surface area (Å²) in [6.07, 6.45) is 1.31. The lowest BCUT2D eigenvalue weighted by atomic mass is 10.2. The Bertz CT molecular complexity index is 554. The van der Waals surface area contributed by atoms with Crippen LogP contribution in [0.5, 0.6) is 0 Å². The van der Waals surface area contributed by atoms with E-state index in [9.17, 15) is 4.79 Å². The van der Waals surface area contributed by atoms with Gasteiger partial charge in [-0.15, -0.1) is 11.3 Å². The topological polar surface area (TPSA) is 63.1 Å². The SMILES string of the molecule is Cc1ncc(C(=O)O)c(-c2ccc(Cl)s2)n1. The maximum Gasteiger partial charge on any atom is 0.339 e. The largest absolute Gasteiger partial charge is 0.478 e. The fourth-order valence-corrected chi connectivity index (χ4v) is 2.30. The number of hydrogen-bond donors (Lipinski definition) is 1. The van der Waals surface area contributed by atoms with Crippen LogP contribution in [0, 0.1) is 6.92 Å². The highest BCUT2D eigenvalue weighted by molar-refractivity contribution is 7.19. The Morgan fingerprint density at radius 2 is 2.25 bits per heavy atom. The van der Waals surface area contributed by atoms with Crippen LogP contribution in [0.1, 0.15) is 16.2 Å². The molecule has 0 amide bonds. The minimum Gasteiger partial charge on any atom is -0.478 e. The summed E-state index contributed by atoms with van der Waals surface area (Å²) in [5.41, 5.74) is 0.501. The van der Waals surface area contributed by atoms with Gasteiger partial charge in [0.2, 0.25) is 0 Å². The van der Waals surface area contributed by atoms with E-state index in [2.05, 4.69) is 9.97 Å². The molecule has 0 aliphatic rings. The summed E-state index contributed by atoms with van der Waals surface area (Å²) in [7, 11) is 0. The zero-order chi connectivity index (χ0) is 11.7. The Morgan fingerprint density at radius 1 is 1.50 bits per heavy atom. The molecule has 82 valence electrons. The maximum atomic E-state index is 11.0. The minimum atomic E-state index is -1.04. The van der Waals surface area contributed by atoms with E-state index in [1.165, 1.54) is 17.5 Å². The molecule has 0 bridgehead atoms. The fraction of sp³-hybridized carbons (Fsp3) is 0.100. The number of rotatable bonds is 2. The lowest BCUT2D eigenvalue weighted by Gasteiger charge is -2.02. The molecular formula is C10H7ClN2O2S. The molecule has 6 heteroatoms. The zero-order valence-corrected chi connectivity index (χ0v) is 9.84. The smallest absolute Gasteiger partial charge is 0.339 e. The zero-order valence-electron chi connectivity index (χ0n) is 8.27. The third-order valence-corrected chi connectivity index (χ3v) is 3.18. The standard InChI is InChI=1S/C10H7ClN2O2S/c1-5-12-4-6(10(14)15)9(13-5)7-2-3-8(11)16-7/h2-4H,1H3,(H,14,15). The van der Waals surface area contributed by atoms with Crippen LogP contribution >= 0.6 is 22.9 Å². The second kappa shape index (κ2) is 4.19. The predicted octanol–water partition coefficient (Wildman–Crippen LogP) is 2.87. The molecule has 0 saturated heterocycles. The van der Waals surface area contributed by atoms with Crippen LogP contribution in [-0.2, 0) is 0 Å². The van der Waals surface area contributed by atoms with Gasteiger partial charge >= 0.3 is 5.97 Å². The molecule has 0 atom stereocenters. The van der Waals surface area contributed by atoms with Crippen LogP contribution in [-0.4, -0.2) is 21.0 Å². The molecule has 2 heterocycles. The third kappa shape index (κ3) is 2.05. The Labute approximate surface area is 101 Å². The second-order valence-electron chi connectivity index (χ2n) is 3.09. The van der Waals surface area contributed by atoms with E-state index in [0.717, 1.165) is 4.88 Å². The molecule has 2 rings (SSSR count). The van der Waals surface area contributed by atoms with E-state index in [1.54, 1.807) is 19.1 Å². The molecular weight excluding hydrogens is 248 g/mol. The van der Waals surface area contributed by atoms with Gasteiger partial charge in [0.1, 0.15) is 11.4 Å². The Balaban J connectivity index is 2.62. The van der Waals surface area contributed by atoms with Crippen molar-refractivity contribution >= 4 is 28.9 Å². The highest BCUT2D eigenvalue weighted by Crippen LogP contribution is 2.31. The van der Waals surface area contributed by atoms with Crippen molar-refractivity contribution in [1.29, 1.82) is 0 Å². The monoisotopic (exact) mass is 254 g/mol. The summed E-state index contributed by atoms with van der Waals surface area (Å²) in [6, 6.07) is 3.46. The Morgan fingerprint density at radius 3 is 2.81 bits per heavy atom. The molecule has 0 spiro atoms. The van der Waals surface area contributed by atoms with Crippen LogP contribution in [0.15, 0.2) is 18.3 Å². The van der Waals surface area contributed by atoms with Gasteiger partial charge in [-0.3, -0.25) is 0 Å². The quantitative estimate of drug-likeness (QED) is 0.895. The van der Waals surface area contributed by atoms with Gasteiger partial charge in [-0.25, -0.2) is 14.8 Å². The van der Waals surface area contributed by atoms with Gasteiger partial charge in [-0.05, 0) is 19.1 Å². The molecule has 16 heavy (non-hydrogen) atoms. The van der Waals surface area contributed by atoms with Gasteiger partial charge < -0.3 is 5.11 Å². The van der Waals surface area contributed by atoms with Gasteiger partial charge in [0.25, 0.3) is 0 Å². The first-order valence-corrected chi connectivity index (χ1v) is 5.60. The summed E-state index contributed by atoms with van der Waals surface area (Å²) in [4.78, 5) is 19.7. The maximum absolute atomic E-state index is 11.0. The molecule has 0 aromatic carbocycles. The van der Waals surface area contributed by atoms with E-state index in [1.807, 2.05) is 0 Å². The van der Waals surface area contributed by atoms with Crippen molar-refractivity contribution in [2.45, 2.75) is 6.92 Å². The Hall–Kier alpha value is -1.46. The number of aromatic carboxylic acids is 1. The van der Waals surface area contributed by atoms with E-state index in [0.29, 0.717) is 15.9 Å². The normalized spacial score (nSPS) is 10.4. The van der Waals surface area contributed by atoms with E-state index in [-0.39, 0.29) is 5.56 Å². The lowest BCUT2D eigenvalue weighted by Crippen LogP contribution is -2.03. The van der Waals surface area contributed by atoms with E-state index in [4.69, 9.17) is 16.7 Å². The van der Waals surface area contributed by atoms with E-state index < -0.39 is 5.97 Å². The first-order chi connectivity index (χ1) is 7.58. The molecule has 4 nitrogen and oxygen atoms in total. The molecule has 2 aromatic heterocycles. The van der Waals surface area contributed by atoms with Crippen LogP contribution < -0.4 is 0 Å². The van der Waals surface area contributed by atoms with Crippen LogP contribution in [0.2, 0.25) is 4.34 Å². The first kappa shape index (κ1) is 11.0. The van der Waals surface area contributed by atoms with Crippen molar-refractivity contribution in [3.8, 4) is 10.6 Å². The average Bonchev–Trinajstić information content (AvgIpc) is 2.64. The van der Waals surface area contributed by atoms with Crippen molar-refractivity contribution in [2.75, 3.05) is 0 Å². The van der Waals surface area contributed by atoms with Crippen LogP contribution in [0.3, 0.4) is 0 Å². The summed E-state index contributed by atoms with van der Waals surface area (Å²) in [5, 5.41) is 9.02. The van der Waals surface area contributed by atoms with Gasteiger partial charge in [0.05, 0.1) is 14.9 Å². The summed E-state index contributed by atoms with van der Waals surface area (Å²) in [6.45, 7) is 1.71. The number of nitrogens with zero attached hydrogens (tertiary/aromatic N) is 2. The molecule has 0 radical (unpaired) electrons. The highest BCUT2D eigenvalue weighted by atomic mass is 35.5. The number of aromatic nitrogens is 2. The number of carboxylic acids is 1. The average molecular weight is 255 g/mol. The fourth-order valence-electron chi connectivity index (χ4n) is 1.26. The van der Waals surface area contributed by atoms with Gasteiger partial charge in [-0.1, -0.05) is 11.6 Å².